The van der Waals surface area contributed by atoms with Gasteiger partial charge < -0.3 is 15.8 Å². The summed E-state index contributed by atoms with van der Waals surface area (Å²) in [6.07, 6.45) is -0.690. The molecule has 1 aliphatic rings. The van der Waals surface area contributed by atoms with Crippen LogP contribution in [0.1, 0.15) is 16.1 Å². The topological polar surface area (TPSA) is 113 Å². The molecule has 2 heterocycles. The number of aromatic nitrogens is 1. The minimum absolute atomic E-state index is 0.186. The summed E-state index contributed by atoms with van der Waals surface area (Å²) >= 11 is 0. The lowest BCUT2D eigenvalue weighted by molar-refractivity contribution is 0.00585. The third kappa shape index (κ3) is 4.90. The summed E-state index contributed by atoms with van der Waals surface area (Å²) in [5.74, 6) is -2.31. The summed E-state index contributed by atoms with van der Waals surface area (Å²) in [4.78, 5) is 19.8. The molecule has 1 unspecified atom stereocenters. The molecule has 0 saturated carbocycles. The Kier molecular flexibility index (Phi) is 7.43. The van der Waals surface area contributed by atoms with Gasteiger partial charge in [0.1, 0.15) is 36.7 Å². The number of carbonyl (C=O) groups excluding carboxylic acids is 1. The molecule has 158 valence electrons. The molecule has 0 saturated heterocycles. The number of rotatable bonds is 7. The van der Waals surface area contributed by atoms with Crippen LogP contribution in [0.5, 0.6) is 0 Å². The Morgan fingerprint density at radius 3 is 2.73 bits per heavy atom. The van der Waals surface area contributed by atoms with E-state index in [1.54, 1.807) is 0 Å². The van der Waals surface area contributed by atoms with E-state index in [2.05, 4.69) is 21.9 Å². The van der Waals surface area contributed by atoms with Gasteiger partial charge in [0, 0.05) is 6.20 Å². The zero-order valence-corrected chi connectivity index (χ0v) is 15.5. The van der Waals surface area contributed by atoms with Crippen molar-refractivity contribution >= 4 is 11.7 Å². The molecule has 11 heteroatoms. The first kappa shape index (κ1) is 22.8. The van der Waals surface area contributed by atoms with E-state index in [1.165, 1.54) is 12.1 Å². The van der Waals surface area contributed by atoms with Gasteiger partial charge in [-0.25, -0.2) is 22.5 Å². The third-order valence-corrected chi connectivity index (χ3v) is 4.10. The Hall–Kier alpha value is -3.52. The van der Waals surface area contributed by atoms with Gasteiger partial charge in [-0.05, 0) is 29.9 Å². The number of nitrogens with zero attached hydrogens (tertiary/aromatic N) is 3. The zero-order valence-electron chi connectivity index (χ0n) is 15.5. The standard InChI is InChI=1S/C19H17F4N5O2/c1-2-13(21)15(27-17(29)14-4-3-11(7-24)8-26-14)5-12(6-20)19(18(22)23)10-30-9-16(25)28-19/h2-5,8,18H,1,6,9-10H2,(H2,25,28)(H,27,29). The van der Waals surface area contributed by atoms with Crippen molar-refractivity contribution < 1.29 is 27.1 Å². The second-order valence-electron chi connectivity index (χ2n) is 6.09. The Morgan fingerprint density at radius 1 is 1.50 bits per heavy atom. The van der Waals surface area contributed by atoms with Gasteiger partial charge in [-0.2, -0.15) is 5.26 Å². The van der Waals surface area contributed by atoms with Crippen LogP contribution in [0, 0.1) is 11.3 Å². The second kappa shape index (κ2) is 9.80. The summed E-state index contributed by atoms with van der Waals surface area (Å²) in [6, 6.07) is 4.33. The molecule has 1 aliphatic heterocycles. The molecular formula is C19H17F4N5O2. The maximum Gasteiger partial charge on any atom is 0.274 e. The Labute approximate surface area is 169 Å². The molecule has 1 amide bonds. The van der Waals surface area contributed by atoms with Gasteiger partial charge in [0.15, 0.2) is 5.54 Å². The van der Waals surface area contributed by atoms with Crippen LogP contribution in [-0.2, 0) is 4.74 Å². The molecule has 2 rings (SSSR count). The van der Waals surface area contributed by atoms with Crippen LogP contribution in [-0.4, -0.2) is 48.6 Å². The Balaban J connectivity index is 2.46. The fourth-order valence-corrected chi connectivity index (χ4v) is 2.56. The highest BCUT2D eigenvalue weighted by molar-refractivity contribution is 5.93. The van der Waals surface area contributed by atoms with Crippen molar-refractivity contribution in [2.75, 3.05) is 19.9 Å². The maximum atomic E-state index is 14.3. The quantitative estimate of drug-likeness (QED) is 0.516. The average Bonchev–Trinajstić information content (AvgIpc) is 2.75. The third-order valence-electron chi connectivity index (χ3n) is 4.10. The zero-order chi connectivity index (χ0) is 22.3. The molecule has 1 atom stereocenters. The number of amides is 1. The van der Waals surface area contributed by atoms with Gasteiger partial charge in [0.25, 0.3) is 12.3 Å². The van der Waals surface area contributed by atoms with Crippen LogP contribution in [0.25, 0.3) is 0 Å². The van der Waals surface area contributed by atoms with Crippen LogP contribution in [0.4, 0.5) is 17.6 Å². The van der Waals surface area contributed by atoms with E-state index in [9.17, 15) is 22.4 Å². The van der Waals surface area contributed by atoms with Crippen molar-refractivity contribution in [1.82, 2.24) is 10.3 Å². The first-order valence-electron chi connectivity index (χ1n) is 8.44. The molecule has 3 N–H and O–H groups in total. The van der Waals surface area contributed by atoms with Crippen molar-refractivity contribution in [3.05, 3.63) is 65.4 Å². The number of carbonyl (C=O) groups is 1. The van der Waals surface area contributed by atoms with Gasteiger partial charge in [-0.1, -0.05) is 6.58 Å². The van der Waals surface area contributed by atoms with E-state index >= 15 is 0 Å². The van der Waals surface area contributed by atoms with Gasteiger partial charge in [0.05, 0.1) is 17.9 Å². The average molecular weight is 423 g/mol. The van der Waals surface area contributed by atoms with Crippen LogP contribution >= 0.6 is 0 Å². The predicted octanol–water partition coefficient (Wildman–Crippen LogP) is 2.34. The molecule has 7 nitrogen and oxygen atoms in total. The largest absolute Gasteiger partial charge is 0.385 e. The SMILES string of the molecule is C=CC(F)=C(C=C(CF)C1(C(F)F)COCC(N)=N1)NC(=O)c1ccc(C#N)cn1. The molecule has 0 radical (unpaired) electrons. The number of aliphatic imine (C=N–C) groups is 1. The Morgan fingerprint density at radius 2 is 2.23 bits per heavy atom. The maximum absolute atomic E-state index is 14.3. The van der Waals surface area contributed by atoms with E-state index in [0.717, 1.165) is 6.20 Å². The number of nitrogens with one attached hydrogen (secondary N) is 1. The predicted molar refractivity (Wildman–Crippen MR) is 100.0 cm³/mol. The van der Waals surface area contributed by atoms with E-state index in [-0.39, 0.29) is 23.7 Å². The lowest BCUT2D eigenvalue weighted by atomic mass is 9.90. The van der Waals surface area contributed by atoms with Crippen molar-refractivity contribution in [2.24, 2.45) is 10.7 Å². The molecule has 1 aromatic rings. The minimum atomic E-state index is -3.22. The van der Waals surface area contributed by atoms with Gasteiger partial charge in [-0.3, -0.25) is 9.79 Å². The highest BCUT2D eigenvalue weighted by atomic mass is 19.3. The molecule has 30 heavy (non-hydrogen) atoms. The lowest BCUT2D eigenvalue weighted by Crippen LogP contribution is -2.49. The first-order chi connectivity index (χ1) is 14.3. The van der Waals surface area contributed by atoms with Crippen molar-refractivity contribution in [2.45, 2.75) is 12.0 Å². The number of nitrogens with two attached hydrogens (primary N) is 1. The van der Waals surface area contributed by atoms with Crippen LogP contribution in [0.2, 0.25) is 0 Å². The summed E-state index contributed by atoms with van der Waals surface area (Å²) in [5.41, 5.74) is 1.72. The van der Waals surface area contributed by atoms with E-state index in [0.29, 0.717) is 12.2 Å². The molecule has 0 bridgehead atoms. The minimum Gasteiger partial charge on any atom is -0.385 e. The van der Waals surface area contributed by atoms with Crippen LogP contribution in [0.3, 0.4) is 0 Å². The van der Waals surface area contributed by atoms with Gasteiger partial charge in [0.2, 0.25) is 0 Å². The number of hydrogen-bond donors (Lipinski definition) is 2. The number of ether oxygens (including phenoxy) is 1. The van der Waals surface area contributed by atoms with E-state index in [4.69, 9.17) is 15.7 Å². The summed E-state index contributed by atoms with van der Waals surface area (Å²) < 4.78 is 60.7. The monoisotopic (exact) mass is 423 g/mol. The molecule has 0 aromatic carbocycles. The smallest absolute Gasteiger partial charge is 0.274 e. The van der Waals surface area contributed by atoms with Gasteiger partial charge in [-0.15, -0.1) is 0 Å². The van der Waals surface area contributed by atoms with E-state index < -0.39 is 48.3 Å². The highest BCUT2D eigenvalue weighted by Crippen LogP contribution is 2.33. The van der Waals surface area contributed by atoms with Crippen molar-refractivity contribution in [3.63, 3.8) is 0 Å². The Bertz CT molecular complexity index is 951. The molecule has 0 fully saturated rings. The van der Waals surface area contributed by atoms with Crippen molar-refractivity contribution in [1.29, 1.82) is 5.26 Å². The second-order valence-corrected chi connectivity index (χ2v) is 6.09. The molecule has 1 aromatic heterocycles. The number of hydrogen-bond acceptors (Lipinski definition) is 6. The van der Waals surface area contributed by atoms with Crippen molar-refractivity contribution in [3.8, 4) is 6.07 Å². The first-order valence-corrected chi connectivity index (χ1v) is 8.44. The molecular weight excluding hydrogens is 406 g/mol. The molecule has 0 aliphatic carbocycles. The van der Waals surface area contributed by atoms with Crippen LogP contribution in [0.15, 0.2) is 59.1 Å². The number of amidine groups is 1. The van der Waals surface area contributed by atoms with Crippen LogP contribution < -0.4 is 11.1 Å². The van der Waals surface area contributed by atoms with E-state index in [1.807, 2.05) is 6.07 Å². The number of pyridine rings is 1. The highest BCUT2D eigenvalue weighted by Gasteiger charge is 2.46. The number of allylic oxidation sites excluding steroid dienone is 3. The lowest BCUT2D eigenvalue weighted by Gasteiger charge is -2.34. The fourth-order valence-electron chi connectivity index (χ4n) is 2.56. The molecule has 0 spiro atoms. The number of nitriles is 1. The summed E-state index contributed by atoms with van der Waals surface area (Å²) in [6.45, 7) is 0.879. The fraction of sp³-hybridized carbons (Fsp3) is 0.263. The summed E-state index contributed by atoms with van der Waals surface area (Å²) in [5, 5.41) is 10.9. The number of halogens is 4. The van der Waals surface area contributed by atoms with Gasteiger partial charge >= 0.3 is 0 Å². The normalized spacial score (nSPS) is 20.1. The number of alkyl halides is 3. The summed E-state index contributed by atoms with van der Waals surface area (Å²) in [7, 11) is 0.